The minimum atomic E-state index is 0.246. The Morgan fingerprint density at radius 2 is 2.11 bits per heavy atom. The molecule has 92 valence electrons. The van der Waals surface area contributed by atoms with Crippen LogP contribution in [0, 0.1) is 11.8 Å². The molecule has 2 unspecified atom stereocenters. The molecule has 2 atom stereocenters. The third-order valence-electron chi connectivity index (χ3n) is 4.18. The summed E-state index contributed by atoms with van der Waals surface area (Å²) in [4.78, 5) is 16.7. The minimum absolute atomic E-state index is 0.246. The van der Waals surface area contributed by atoms with Gasteiger partial charge in [0.25, 0.3) is 0 Å². The first kappa shape index (κ1) is 11.4. The van der Waals surface area contributed by atoms with Gasteiger partial charge in [0, 0.05) is 23.6 Å². The highest BCUT2D eigenvalue weighted by Gasteiger charge is 2.29. The van der Waals surface area contributed by atoms with Crippen molar-refractivity contribution in [2.24, 2.45) is 11.8 Å². The van der Waals surface area contributed by atoms with E-state index in [0.717, 1.165) is 16.5 Å². The van der Waals surface area contributed by atoms with Crippen LogP contribution in [0.25, 0.3) is 10.9 Å². The molecule has 0 bridgehead atoms. The summed E-state index contributed by atoms with van der Waals surface area (Å²) < 4.78 is 0. The molecule has 2 nitrogen and oxygen atoms in total. The fraction of sp³-hybridized carbons (Fsp3) is 0.375. The number of ketones is 1. The number of hydrogen-bond acceptors (Lipinski definition) is 2. The molecule has 1 aliphatic carbocycles. The van der Waals surface area contributed by atoms with E-state index in [1.54, 1.807) is 6.20 Å². The van der Waals surface area contributed by atoms with Crippen molar-refractivity contribution in [3.8, 4) is 0 Å². The van der Waals surface area contributed by atoms with E-state index in [0.29, 0.717) is 18.3 Å². The Kier molecular flexibility index (Phi) is 2.86. The Morgan fingerprint density at radius 1 is 1.28 bits per heavy atom. The minimum Gasteiger partial charge on any atom is -0.294 e. The number of rotatable bonds is 3. The van der Waals surface area contributed by atoms with Crippen molar-refractivity contribution in [2.75, 3.05) is 0 Å². The molecule has 0 aliphatic heterocycles. The van der Waals surface area contributed by atoms with Crippen LogP contribution in [0.15, 0.2) is 36.5 Å². The predicted molar refractivity (Wildman–Crippen MR) is 72.6 cm³/mol. The number of carbonyl (C=O) groups is 1. The number of aromatic nitrogens is 1. The summed E-state index contributed by atoms with van der Waals surface area (Å²) in [7, 11) is 0. The molecule has 0 saturated heterocycles. The normalized spacial score (nSPS) is 22.7. The molecule has 0 spiro atoms. The van der Waals surface area contributed by atoms with Gasteiger partial charge in [-0.15, -0.1) is 0 Å². The maximum Gasteiger partial charge on any atom is 0.165 e. The van der Waals surface area contributed by atoms with Gasteiger partial charge in [0.15, 0.2) is 5.78 Å². The van der Waals surface area contributed by atoms with Crippen LogP contribution < -0.4 is 0 Å². The van der Waals surface area contributed by atoms with Crippen LogP contribution in [-0.4, -0.2) is 10.8 Å². The van der Waals surface area contributed by atoms with E-state index in [9.17, 15) is 4.79 Å². The highest BCUT2D eigenvalue weighted by atomic mass is 16.1. The lowest BCUT2D eigenvalue weighted by molar-refractivity contribution is 0.0888. The van der Waals surface area contributed by atoms with Gasteiger partial charge >= 0.3 is 0 Å². The molecule has 1 aromatic carbocycles. The maximum atomic E-state index is 12.4. The Balaban J connectivity index is 1.91. The summed E-state index contributed by atoms with van der Waals surface area (Å²) in [5, 5.41) is 1.05. The zero-order chi connectivity index (χ0) is 12.5. The Hall–Kier alpha value is -1.70. The molecular formula is C16H17NO. The molecule has 1 fully saturated rings. The largest absolute Gasteiger partial charge is 0.294 e. The average molecular weight is 239 g/mol. The number of para-hydroxylation sites is 1. The highest BCUT2D eigenvalue weighted by Crippen LogP contribution is 2.37. The molecule has 0 radical (unpaired) electrons. The van der Waals surface area contributed by atoms with Crippen LogP contribution >= 0.6 is 0 Å². The first-order chi connectivity index (χ1) is 8.75. The molecule has 18 heavy (non-hydrogen) atoms. The molecule has 3 rings (SSSR count). The van der Waals surface area contributed by atoms with Crippen LogP contribution in [0.5, 0.6) is 0 Å². The van der Waals surface area contributed by atoms with E-state index in [-0.39, 0.29) is 5.78 Å². The Morgan fingerprint density at radius 3 is 2.83 bits per heavy atom. The number of nitrogens with zero attached hydrogens (tertiary/aromatic N) is 1. The second kappa shape index (κ2) is 4.52. The van der Waals surface area contributed by atoms with Crippen molar-refractivity contribution in [3.05, 3.63) is 42.1 Å². The van der Waals surface area contributed by atoms with Crippen LogP contribution in [0.2, 0.25) is 0 Å². The van der Waals surface area contributed by atoms with E-state index >= 15 is 0 Å². The highest BCUT2D eigenvalue weighted by molar-refractivity contribution is 6.06. The van der Waals surface area contributed by atoms with Crippen LogP contribution in [0.3, 0.4) is 0 Å². The number of hydrogen-bond donors (Lipinski definition) is 0. The Labute approximate surface area is 107 Å². The Bertz CT molecular complexity index is 585. The zero-order valence-corrected chi connectivity index (χ0v) is 10.6. The SMILES string of the molecule is CC1CCC1CC(=O)c1cccc2cccnc12. The number of carbonyl (C=O) groups excluding carboxylic acids is 1. The van der Waals surface area contributed by atoms with E-state index in [1.807, 2.05) is 30.3 Å². The van der Waals surface area contributed by atoms with Crippen molar-refractivity contribution in [1.82, 2.24) is 4.98 Å². The summed E-state index contributed by atoms with van der Waals surface area (Å²) in [6.07, 6.45) is 4.90. The van der Waals surface area contributed by atoms with Gasteiger partial charge in [0.2, 0.25) is 0 Å². The van der Waals surface area contributed by atoms with Crippen LogP contribution in [0.4, 0.5) is 0 Å². The second-order valence-corrected chi connectivity index (χ2v) is 5.32. The van der Waals surface area contributed by atoms with E-state index in [2.05, 4.69) is 11.9 Å². The number of Topliss-reactive ketones (excluding diaryl/α,β-unsaturated/α-hetero) is 1. The third-order valence-corrected chi connectivity index (χ3v) is 4.18. The van der Waals surface area contributed by atoms with Crippen molar-refractivity contribution in [2.45, 2.75) is 26.2 Å². The predicted octanol–water partition coefficient (Wildman–Crippen LogP) is 3.85. The molecule has 0 N–H and O–H groups in total. The van der Waals surface area contributed by atoms with Gasteiger partial charge in [-0.1, -0.05) is 31.5 Å². The van der Waals surface area contributed by atoms with Crippen LogP contribution in [0.1, 0.15) is 36.5 Å². The average Bonchev–Trinajstić information content (AvgIpc) is 2.42. The monoisotopic (exact) mass is 239 g/mol. The van der Waals surface area contributed by atoms with Crippen molar-refractivity contribution in [3.63, 3.8) is 0 Å². The lowest BCUT2D eigenvalue weighted by atomic mass is 9.72. The summed E-state index contributed by atoms with van der Waals surface area (Å²) in [5.74, 6) is 1.53. The molecule has 2 aromatic rings. The van der Waals surface area contributed by atoms with Gasteiger partial charge in [0.05, 0.1) is 5.52 Å². The summed E-state index contributed by atoms with van der Waals surface area (Å²) in [5.41, 5.74) is 1.63. The van der Waals surface area contributed by atoms with Gasteiger partial charge in [-0.05, 0) is 30.4 Å². The maximum absolute atomic E-state index is 12.4. The number of pyridine rings is 1. The van der Waals surface area contributed by atoms with Crippen molar-refractivity contribution >= 4 is 16.7 Å². The standard InChI is InChI=1S/C16H17NO/c1-11-7-8-13(11)10-15(18)14-6-2-4-12-5-3-9-17-16(12)14/h2-6,9,11,13H,7-8,10H2,1H3. The number of benzene rings is 1. The van der Waals surface area contributed by atoms with E-state index in [4.69, 9.17) is 0 Å². The first-order valence-electron chi connectivity index (χ1n) is 6.62. The van der Waals surface area contributed by atoms with Gasteiger partial charge in [0.1, 0.15) is 0 Å². The smallest absolute Gasteiger partial charge is 0.165 e. The summed E-state index contributed by atoms with van der Waals surface area (Å²) >= 11 is 0. The molecule has 1 aliphatic rings. The van der Waals surface area contributed by atoms with E-state index in [1.165, 1.54) is 12.8 Å². The van der Waals surface area contributed by atoms with E-state index < -0.39 is 0 Å². The van der Waals surface area contributed by atoms with Crippen molar-refractivity contribution < 1.29 is 4.79 Å². The summed E-state index contributed by atoms with van der Waals surface area (Å²) in [6, 6.07) is 9.77. The third kappa shape index (κ3) is 1.92. The van der Waals surface area contributed by atoms with Gasteiger partial charge in [-0.2, -0.15) is 0 Å². The number of fused-ring (bicyclic) bond motifs is 1. The molecular weight excluding hydrogens is 222 g/mol. The second-order valence-electron chi connectivity index (χ2n) is 5.32. The van der Waals surface area contributed by atoms with Crippen molar-refractivity contribution in [1.29, 1.82) is 0 Å². The molecule has 1 aromatic heterocycles. The zero-order valence-electron chi connectivity index (χ0n) is 10.6. The molecule has 2 heteroatoms. The van der Waals surface area contributed by atoms with Crippen LogP contribution in [-0.2, 0) is 0 Å². The fourth-order valence-electron chi connectivity index (χ4n) is 2.72. The van der Waals surface area contributed by atoms with Gasteiger partial charge in [-0.3, -0.25) is 9.78 Å². The first-order valence-corrected chi connectivity index (χ1v) is 6.62. The summed E-state index contributed by atoms with van der Waals surface area (Å²) in [6.45, 7) is 2.24. The quantitative estimate of drug-likeness (QED) is 0.761. The fourth-order valence-corrected chi connectivity index (χ4v) is 2.72. The topological polar surface area (TPSA) is 30.0 Å². The molecule has 0 amide bonds. The lowest BCUT2D eigenvalue weighted by Gasteiger charge is -2.33. The van der Waals surface area contributed by atoms with Gasteiger partial charge < -0.3 is 0 Å². The lowest BCUT2D eigenvalue weighted by Crippen LogP contribution is -2.25. The van der Waals surface area contributed by atoms with Gasteiger partial charge in [-0.25, -0.2) is 0 Å². The molecule has 1 saturated carbocycles. The molecule has 1 heterocycles.